The van der Waals surface area contributed by atoms with Crippen molar-refractivity contribution in [3.63, 3.8) is 0 Å². The van der Waals surface area contributed by atoms with Gasteiger partial charge in [-0.1, -0.05) is 12.5 Å². The van der Waals surface area contributed by atoms with Crippen molar-refractivity contribution < 1.29 is 4.79 Å². The van der Waals surface area contributed by atoms with Gasteiger partial charge >= 0.3 is 0 Å². The fourth-order valence-corrected chi connectivity index (χ4v) is 3.38. The van der Waals surface area contributed by atoms with Crippen LogP contribution in [0.3, 0.4) is 0 Å². The lowest BCUT2D eigenvalue weighted by Crippen LogP contribution is -2.51. The monoisotopic (exact) mass is 288 g/mol. The molecule has 2 atom stereocenters. The summed E-state index contributed by atoms with van der Waals surface area (Å²) in [4.78, 5) is 21.2. The minimum atomic E-state index is 0.0624. The molecule has 1 aliphatic carbocycles. The molecule has 1 saturated carbocycles. The summed E-state index contributed by atoms with van der Waals surface area (Å²) in [7, 11) is 0. The van der Waals surface area contributed by atoms with Gasteiger partial charge in [0.25, 0.3) is 0 Å². The molecule has 2 N–H and O–H groups in total. The summed E-state index contributed by atoms with van der Waals surface area (Å²) in [6.45, 7) is 4.34. The molecule has 1 aromatic heterocycles. The molecule has 0 spiro atoms. The van der Waals surface area contributed by atoms with Gasteiger partial charge in [-0.2, -0.15) is 0 Å². The van der Waals surface area contributed by atoms with Gasteiger partial charge in [0.15, 0.2) is 0 Å². The molecule has 1 aromatic rings. The number of nitrogens with zero attached hydrogens (tertiary/aromatic N) is 3. The number of carbonyl (C=O) groups is 1. The first kappa shape index (κ1) is 14.5. The van der Waals surface area contributed by atoms with Crippen LogP contribution < -0.4 is 5.73 Å². The van der Waals surface area contributed by atoms with E-state index in [-0.39, 0.29) is 17.9 Å². The van der Waals surface area contributed by atoms with E-state index >= 15 is 0 Å². The van der Waals surface area contributed by atoms with E-state index in [1.807, 2.05) is 23.2 Å². The standard InChI is InChI=1S/C16H24N4O/c17-15-6-3-5-14(15)16(21)20-10-8-19(9-11-20)12-13-4-1-2-7-18-13/h1-2,4,7,14-15H,3,5-6,8-12,17H2/t14-,15+/m1/s1. The number of piperazine rings is 1. The molecule has 3 rings (SSSR count). The predicted molar refractivity (Wildman–Crippen MR) is 81.4 cm³/mol. The Labute approximate surface area is 126 Å². The van der Waals surface area contributed by atoms with Crippen LogP contribution in [0.2, 0.25) is 0 Å². The van der Waals surface area contributed by atoms with Crippen LogP contribution in [-0.2, 0) is 11.3 Å². The summed E-state index contributed by atoms with van der Waals surface area (Å²) in [6.07, 6.45) is 4.89. The third-order valence-corrected chi connectivity index (χ3v) is 4.68. The van der Waals surface area contributed by atoms with Crippen LogP contribution in [0.25, 0.3) is 0 Å². The second-order valence-electron chi connectivity index (χ2n) is 6.12. The minimum Gasteiger partial charge on any atom is -0.340 e. The number of rotatable bonds is 3. The van der Waals surface area contributed by atoms with Crippen LogP contribution in [0.4, 0.5) is 0 Å². The molecular formula is C16H24N4O. The number of nitrogens with two attached hydrogens (primary N) is 1. The first-order chi connectivity index (χ1) is 10.2. The Morgan fingerprint density at radius 2 is 2.05 bits per heavy atom. The third-order valence-electron chi connectivity index (χ3n) is 4.68. The molecule has 2 aliphatic rings. The highest BCUT2D eigenvalue weighted by atomic mass is 16.2. The molecule has 2 heterocycles. The Morgan fingerprint density at radius 3 is 2.67 bits per heavy atom. The first-order valence-corrected chi connectivity index (χ1v) is 7.90. The maximum Gasteiger partial charge on any atom is 0.227 e. The Hall–Kier alpha value is -1.46. The van der Waals surface area contributed by atoms with E-state index in [9.17, 15) is 4.79 Å². The molecule has 114 valence electrons. The maximum absolute atomic E-state index is 12.5. The van der Waals surface area contributed by atoms with Gasteiger partial charge in [-0.3, -0.25) is 14.7 Å². The lowest BCUT2D eigenvalue weighted by molar-refractivity contribution is -0.137. The van der Waals surface area contributed by atoms with Crippen molar-refractivity contribution in [1.29, 1.82) is 0 Å². The molecule has 0 unspecified atom stereocenters. The fraction of sp³-hybridized carbons (Fsp3) is 0.625. The van der Waals surface area contributed by atoms with Crippen LogP contribution in [-0.4, -0.2) is 52.9 Å². The number of hydrogen-bond acceptors (Lipinski definition) is 4. The third kappa shape index (κ3) is 3.41. The minimum absolute atomic E-state index is 0.0624. The van der Waals surface area contributed by atoms with Gasteiger partial charge in [-0.25, -0.2) is 0 Å². The summed E-state index contributed by atoms with van der Waals surface area (Å²) >= 11 is 0. The lowest BCUT2D eigenvalue weighted by atomic mass is 10.0. The van der Waals surface area contributed by atoms with Gasteiger partial charge in [0.1, 0.15) is 0 Å². The average Bonchev–Trinajstić information content (AvgIpc) is 2.94. The Morgan fingerprint density at radius 1 is 1.24 bits per heavy atom. The number of aromatic nitrogens is 1. The first-order valence-electron chi connectivity index (χ1n) is 7.90. The van der Waals surface area contributed by atoms with E-state index in [2.05, 4.69) is 16.0 Å². The number of amides is 1. The second-order valence-corrected chi connectivity index (χ2v) is 6.12. The van der Waals surface area contributed by atoms with Gasteiger partial charge in [0, 0.05) is 45.0 Å². The highest BCUT2D eigenvalue weighted by Gasteiger charge is 2.34. The molecule has 2 fully saturated rings. The molecule has 1 aliphatic heterocycles. The van der Waals surface area contributed by atoms with Crippen LogP contribution >= 0.6 is 0 Å². The number of pyridine rings is 1. The van der Waals surface area contributed by atoms with Crippen molar-refractivity contribution in [2.24, 2.45) is 11.7 Å². The second kappa shape index (κ2) is 6.54. The normalized spacial score (nSPS) is 27.0. The van der Waals surface area contributed by atoms with E-state index < -0.39 is 0 Å². The number of hydrogen-bond donors (Lipinski definition) is 1. The summed E-state index contributed by atoms with van der Waals surface area (Å²) in [6, 6.07) is 6.08. The van der Waals surface area contributed by atoms with E-state index in [1.165, 1.54) is 0 Å². The molecule has 21 heavy (non-hydrogen) atoms. The van der Waals surface area contributed by atoms with Gasteiger partial charge in [-0.05, 0) is 25.0 Å². The van der Waals surface area contributed by atoms with Crippen molar-refractivity contribution in [2.75, 3.05) is 26.2 Å². The highest BCUT2D eigenvalue weighted by Crippen LogP contribution is 2.26. The zero-order chi connectivity index (χ0) is 14.7. The van der Waals surface area contributed by atoms with Crippen molar-refractivity contribution in [2.45, 2.75) is 31.8 Å². The molecule has 1 amide bonds. The lowest BCUT2D eigenvalue weighted by Gasteiger charge is -2.36. The van der Waals surface area contributed by atoms with Gasteiger partial charge < -0.3 is 10.6 Å². The van der Waals surface area contributed by atoms with E-state index in [0.29, 0.717) is 0 Å². The predicted octanol–water partition coefficient (Wildman–Crippen LogP) is 0.853. The quantitative estimate of drug-likeness (QED) is 0.896. The molecule has 5 heteroatoms. The van der Waals surface area contributed by atoms with Gasteiger partial charge in [0.05, 0.1) is 11.6 Å². The summed E-state index contributed by atoms with van der Waals surface area (Å²) in [5.41, 5.74) is 7.14. The SMILES string of the molecule is N[C@H]1CCC[C@H]1C(=O)N1CCN(Cc2ccccn2)CC1. The topological polar surface area (TPSA) is 62.5 Å². The van der Waals surface area contributed by atoms with Crippen LogP contribution in [0.1, 0.15) is 25.0 Å². The zero-order valence-corrected chi connectivity index (χ0v) is 12.4. The smallest absolute Gasteiger partial charge is 0.227 e. The molecule has 1 saturated heterocycles. The Bertz CT molecular complexity index is 470. The highest BCUT2D eigenvalue weighted by molar-refractivity contribution is 5.80. The molecular weight excluding hydrogens is 264 g/mol. The van der Waals surface area contributed by atoms with Gasteiger partial charge in [0.2, 0.25) is 5.91 Å². The van der Waals surface area contributed by atoms with E-state index in [1.54, 1.807) is 0 Å². The van der Waals surface area contributed by atoms with Crippen molar-refractivity contribution in [1.82, 2.24) is 14.8 Å². The molecule has 5 nitrogen and oxygen atoms in total. The zero-order valence-electron chi connectivity index (χ0n) is 12.4. The van der Waals surface area contributed by atoms with Crippen LogP contribution in [0.5, 0.6) is 0 Å². The van der Waals surface area contributed by atoms with Crippen LogP contribution in [0.15, 0.2) is 24.4 Å². The average molecular weight is 288 g/mol. The fourth-order valence-electron chi connectivity index (χ4n) is 3.38. The number of carbonyl (C=O) groups excluding carboxylic acids is 1. The summed E-state index contributed by atoms with van der Waals surface area (Å²) in [5, 5.41) is 0. The summed E-state index contributed by atoms with van der Waals surface area (Å²) in [5.74, 6) is 0.338. The Balaban J connectivity index is 1.50. The van der Waals surface area contributed by atoms with Gasteiger partial charge in [-0.15, -0.1) is 0 Å². The van der Waals surface area contributed by atoms with Crippen molar-refractivity contribution in [3.05, 3.63) is 30.1 Å². The molecule has 0 radical (unpaired) electrons. The molecule has 0 bridgehead atoms. The van der Waals surface area contributed by atoms with Crippen LogP contribution in [0, 0.1) is 5.92 Å². The molecule has 0 aromatic carbocycles. The van der Waals surface area contributed by atoms with Crippen molar-refractivity contribution >= 4 is 5.91 Å². The largest absolute Gasteiger partial charge is 0.340 e. The Kier molecular flexibility index (Phi) is 4.51. The maximum atomic E-state index is 12.5. The van der Waals surface area contributed by atoms with Crippen molar-refractivity contribution in [3.8, 4) is 0 Å². The summed E-state index contributed by atoms with van der Waals surface area (Å²) < 4.78 is 0. The van der Waals surface area contributed by atoms with E-state index in [0.717, 1.165) is 57.7 Å². The van der Waals surface area contributed by atoms with E-state index in [4.69, 9.17) is 5.73 Å².